The molecule has 3 heterocycles. The first-order valence-corrected chi connectivity index (χ1v) is 15.5. The van der Waals surface area contributed by atoms with E-state index in [2.05, 4.69) is 10.6 Å². The van der Waals surface area contributed by atoms with Crippen LogP contribution in [0.15, 0.2) is 42.5 Å². The molecule has 220 valence electrons. The van der Waals surface area contributed by atoms with Gasteiger partial charge in [0.05, 0.1) is 35.8 Å². The maximum atomic E-state index is 14.4. The predicted octanol–water partition coefficient (Wildman–Crippen LogP) is 4.78. The van der Waals surface area contributed by atoms with Crippen LogP contribution in [0.1, 0.15) is 51.2 Å². The van der Waals surface area contributed by atoms with Gasteiger partial charge in [0.25, 0.3) is 0 Å². The first-order valence-electron chi connectivity index (χ1n) is 14.6. The number of nitrogens with one attached hydrogen (secondary N) is 2. The maximum absolute atomic E-state index is 14.4. The van der Waals surface area contributed by atoms with Crippen LogP contribution in [-0.4, -0.2) is 63.0 Å². The number of carbonyl (C=O) groups is 3. The highest BCUT2D eigenvalue weighted by atomic mass is 32.2. The van der Waals surface area contributed by atoms with E-state index in [9.17, 15) is 19.5 Å². The van der Waals surface area contributed by atoms with Gasteiger partial charge < -0.3 is 25.4 Å². The van der Waals surface area contributed by atoms with Gasteiger partial charge in [0.15, 0.2) is 0 Å². The number of ether oxygens (including phenoxy) is 1. The van der Waals surface area contributed by atoms with Gasteiger partial charge in [0, 0.05) is 16.6 Å². The quantitative estimate of drug-likeness (QED) is 0.374. The van der Waals surface area contributed by atoms with Crippen molar-refractivity contribution in [2.45, 2.75) is 76.0 Å². The van der Waals surface area contributed by atoms with Crippen LogP contribution in [0.2, 0.25) is 0 Å². The van der Waals surface area contributed by atoms with E-state index in [0.717, 1.165) is 29.0 Å². The summed E-state index contributed by atoms with van der Waals surface area (Å²) in [5.74, 6) is -0.918. The molecule has 41 heavy (non-hydrogen) atoms. The molecule has 3 aliphatic heterocycles. The van der Waals surface area contributed by atoms with Crippen molar-refractivity contribution in [3.8, 4) is 5.75 Å². The second-order valence-electron chi connectivity index (χ2n) is 12.0. The second-order valence-corrected chi connectivity index (χ2v) is 13.6. The van der Waals surface area contributed by atoms with E-state index in [1.807, 2.05) is 65.0 Å². The van der Waals surface area contributed by atoms with E-state index in [1.54, 1.807) is 28.8 Å². The number of rotatable bonds is 10. The zero-order valence-electron chi connectivity index (χ0n) is 24.5. The number of aliphatic hydroxyl groups excluding tert-OH is 1. The Kier molecular flexibility index (Phi) is 8.39. The Labute approximate surface area is 246 Å². The van der Waals surface area contributed by atoms with Gasteiger partial charge in [0.1, 0.15) is 11.8 Å². The Bertz CT molecular complexity index is 1290. The molecule has 0 saturated carbocycles. The van der Waals surface area contributed by atoms with Crippen LogP contribution in [0.25, 0.3) is 0 Å². The number of hydrogen-bond acceptors (Lipinski definition) is 6. The smallest absolute Gasteiger partial charge is 0.248 e. The topological polar surface area (TPSA) is 108 Å². The second kappa shape index (κ2) is 11.7. The molecule has 0 aromatic heterocycles. The molecule has 3 saturated heterocycles. The molecular weight excluding hydrogens is 538 g/mol. The lowest BCUT2D eigenvalue weighted by atomic mass is 9.70. The third kappa shape index (κ3) is 5.23. The first kappa shape index (κ1) is 29.5. The van der Waals surface area contributed by atoms with Crippen LogP contribution in [0, 0.1) is 31.6 Å². The number of fused-ring (bicyclic) bond motifs is 1. The van der Waals surface area contributed by atoms with Crippen LogP contribution in [0.5, 0.6) is 5.75 Å². The minimum absolute atomic E-state index is 0.0537. The van der Waals surface area contributed by atoms with Crippen molar-refractivity contribution in [2.75, 3.05) is 23.8 Å². The monoisotopic (exact) mass is 579 g/mol. The zero-order valence-corrected chi connectivity index (χ0v) is 25.3. The molecule has 0 radical (unpaired) electrons. The first-order chi connectivity index (χ1) is 19.6. The summed E-state index contributed by atoms with van der Waals surface area (Å²) < 4.78 is 4.79. The standard InChI is InChI=1S/C32H41N3O5S/c1-6-40-23-12-10-21(11-13-23)33-29(37)25-24-14-15-32(41-24)26(25)31(39)35(22(17-36)16-18(2)3)28(32)30(38)34-27-19(4)8-7-9-20(27)5/h7-13,18,22,24-26,28,36H,6,14-17H2,1-5H3,(H,33,37)(H,34,38)/t22-,24+,25-,26+,28?,32?/m1/s1. The molecule has 2 unspecified atom stereocenters. The Morgan fingerprint density at radius 2 is 1.78 bits per heavy atom. The summed E-state index contributed by atoms with van der Waals surface area (Å²) >= 11 is 1.63. The molecule has 3 aliphatic rings. The highest BCUT2D eigenvalue weighted by molar-refractivity contribution is 8.02. The number of aryl methyl sites for hydroxylation is 2. The van der Waals surface area contributed by atoms with Gasteiger partial charge in [-0.2, -0.15) is 0 Å². The zero-order chi connectivity index (χ0) is 29.5. The summed E-state index contributed by atoms with van der Waals surface area (Å²) in [5.41, 5.74) is 3.27. The van der Waals surface area contributed by atoms with Gasteiger partial charge in [-0.15, -0.1) is 11.8 Å². The van der Waals surface area contributed by atoms with Crippen molar-refractivity contribution in [3.63, 3.8) is 0 Å². The Hall–Kier alpha value is -3.04. The van der Waals surface area contributed by atoms with E-state index >= 15 is 0 Å². The number of anilines is 2. The van der Waals surface area contributed by atoms with Crippen molar-refractivity contribution < 1.29 is 24.2 Å². The molecule has 3 amide bonds. The molecule has 2 aromatic carbocycles. The summed E-state index contributed by atoms with van der Waals surface area (Å²) in [5, 5.41) is 16.6. The van der Waals surface area contributed by atoms with Gasteiger partial charge in [-0.1, -0.05) is 32.0 Å². The number of benzene rings is 2. The number of amides is 3. The summed E-state index contributed by atoms with van der Waals surface area (Å²) in [6.07, 6.45) is 1.99. The normalized spacial score (nSPS) is 27.2. The maximum Gasteiger partial charge on any atom is 0.248 e. The Morgan fingerprint density at radius 1 is 1.10 bits per heavy atom. The fourth-order valence-corrected chi connectivity index (χ4v) is 9.34. The molecule has 2 bridgehead atoms. The molecule has 3 N–H and O–H groups in total. The van der Waals surface area contributed by atoms with Crippen LogP contribution in [-0.2, 0) is 14.4 Å². The van der Waals surface area contributed by atoms with Crippen LogP contribution >= 0.6 is 11.8 Å². The number of para-hydroxylation sites is 1. The average Bonchev–Trinajstić information content (AvgIpc) is 3.58. The average molecular weight is 580 g/mol. The lowest BCUT2D eigenvalue weighted by molar-refractivity contribution is -0.141. The van der Waals surface area contributed by atoms with Crippen LogP contribution in [0.3, 0.4) is 0 Å². The minimum Gasteiger partial charge on any atom is -0.494 e. The third-order valence-corrected chi connectivity index (χ3v) is 10.8. The number of thioether (sulfide) groups is 1. The summed E-state index contributed by atoms with van der Waals surface area (Å²) in [6, 6.07) is 11.8. The molecule has 9 heteroatoms. The molecular formula is C32H41N3O5S. The van der Waals surface area contributed by atoms with E-state index in [4.69, 9.17) is 4.74 Å². The largest absolute Gasteiger partial charge is 0.494 e. The van der Waals surface area contributed by atoms with Crippen molar-refractivity contribution in [3.05, 3.63) is 53.6 Å². The molecule has 6 atom stereocenters. The predicted molar refractivity (Wildman–Crippen MR) is 162 cm³/mol. The number of nitrogens with zero attached hydrogens (tertiary/aromatic N) is 1. The highest BCUT2D eigenvalue weighted by Gasteiger charge is 2.74. The van der Waals surface area contributed by atoms with Gasteiger partial charge in [0.2, 0.25) is 17.7 Å². The van der Waals surface area contributed by atoms with Crippen LogP contribution < -0.4 is 15.4 Å². The van der Waals surface area contributed by atoms with E-state index in [1.165, 1.54) is 0 Å². The summed E-state index contributed by atoms with van der Waals surface area (Å²) in [6.45, 7) is 10.2. The van der Waals surface area contributed by atoms with Gasteiger partial charge in [-0.05, 0) is 81.3 Å². The number of carbonyl (C=O) groups excluding carboxylic acids is 3. The minimum atomic E-state index is -0.784. The van der Waals surface area contributed by atoms with Crippen molar-refractivity contribution in [1.82, 2.24) is 4.90 Å². The summed E-state index contributed by atoms with van der Waals surface area (Å²) in [7, 11) is 0. The van der Waals surface area contributed by atoms with E-state index in [-0.39, 0.29) is 35.5 Å². The molecule has 3 fully saturated rings. The molecule has 0 aliphatic carbocycles. The molecule has 2 aromatic rings. The third-order valence-electron chi connectivity index (χ3n) is 8.80. The Balaban J connectivity index is 1.49. The highest BCUT2D eigenvalue weighted by Crippen LogP contribution is 2.66. The van der Waals surface area contributed by atoms with E-state index < -0.39 is 28.7 Å². The number of likely N-dealkylation sites (tertiary alicyclic amines) is 1. The van der Waals surface area contributed by atoms with Crippen LogP contribution in [0.4, 0.5) is 11.4 Å². The number of hydrogen-bond donors (Lipinski definition) is 3. The van der Waals surface area contributed by atoms with Crippen molar-refractivity contribution in [1.29, 1.82) is 0 Å². The van der Waals surface area contributed by atoms with Crippen molar-refractivity contribution in [2.24, 2.45) is 17.8 Å². The Morgan fingerprint density at radius 3 is 2.39 bits per heavy atom. The van der Waals surface area contributed by atoms with Gasteiger partial charge in [-0.25, -0.2) is 0 Å². The fraction of sp³-hybridized carbons (Fsp3) is 0.531. The lowest BCUT2D eigenvalue weighted by Gasteiger charge is -2.37. The molecule has 8 nitrogen and oxygen atoms in total. The summed E-state index contributed by atoms with van der Waals surface area (Å²) in [4.78, 5) is 44.1. The molecule has 1 spiro atoms. The van der Waals surface area contributed by atoms with Gasteiger partial charge >= 0.3 is 0 Å². The van der Waals surface area contributed by atoms with E-state index in [0.29, 0.717) is 25.1 Å². The van der Waals surface area contributed by atoms with Gasteiger partial charge in [-0.3, -0.25) is 14.4 Å². The molecule has 5 rings (SSSR count). The van der Waals surface area contributed by atoms with Crippen molar-refractivity contribution >= 4 is 40.9 Å². The fourth-order valence-electron chi connectivity index (χ4n) is 7.13. The lowest BCUT2D eigenvalue weighted by Crippen LogP contribution is -2.55. The number of aliphatic hydroxyl groups is 1. The SMILES string of the molecule is CCOc1ccc(NC(=O)[C@@H]2[C@@H]3CCC4(S3)C(C(=O)Nc3c(C)cccc3C)N([C@@H](CO)CC(C)C)C(=O)[C@H]24)cc1.